The summed E-state index contributed by atoms with van der Waals surface area (Å²) in [6.07, 6.45) is 18.8. The predicted molar refractivity (Wildman–Crippen MR) is 113 cm³/mol. The third-order valence-corrected chi connectivity index (χ3v) is 5.90. The molecule has 164 valence electrons. The highest BCUT2D eigenvalue weighted by Gasteiger charge is 2.16. The number of esters is 2. The molecule has 0 bridgehead atoms. The highest BCUT2D eigenvalue weighted by Crippen LogP contribution is 2.29. The molecule has 5 nitrogen and oxygen atoms in total. The van der Waals surface area contributed by atoms with Gasteiger partial charge in [0.2, 0.25) is 0 Å². The second kappa shape index (κ2) is 13.4. The van der Waals surface area contributed by atoms with Crippen molar-refractivity contribution in [1.82, 2.24) is 0 Å². The quantitative estimate of drug-likeness (QED) is 0.337. The molecular weight excluding hydrogens is 368 g/mol. The van der Waals surface area contributed by atoms with Crippen LogP contribution < -0.4 is 0 Å². The van der Waals surface area contributed by atoms with Gasteiger partial charge in [-0.3, -0.25) is 9.59 Å². The summed E-state index contributed by atoms with van der Waals surface area (Å²) in [5.74, 6) is 1.95. The molecule has 0 unspecified atom stereocenters. The molecular formula is C24H38O5. The fourth-order valence-electron chi connectivity index (χ4n) is 4.22. The number of hydrogen-bond acceptors (Lipinski definition) is 5. The lowest BCUT2D eigenvalue weighted by molar-refractivity contribution is -0.140. The summed E-state index contributed by atoms with van der Waals surface area (Å²) < 4.78 is 16.5. The molecule has 29 heavy (non-hydrogen) atoms. The van der Waals surface area contributed by atoms with Gasteiger partial charge in [-0.05, 0) is 36.8 Å². The van der Waals surface area contributed by atoms with Crippen molar-refractivity contribution < 1.29 is 23.8 Å². The van der Waals surface area contributed by atoms with Crippen molar-refractivity contribution in [3.8, 4) is 0 Å². The van der Waals surface area contributed by atoms with Crippen molar-refractivity contribution in [2.75, 3.05) is 13.2 Å². The lowest BCUT2D eigenvalue weighted by Gasteiger charge is -2.22. The fraction of sp³-hybridized carbons (Fsp3) is 0.750. The second-order valence-electron chi connectivity index (χ2n) is 8.48. The molecule has 0 aliphatic heterocycles. The summed E-state index contributed by atoms with van der Waals surface area (Å²) in [6, 6.07) is 0. The molecule has 0 aromatic heterocycles. The zero-order valence-corrected chi connectivity index (χ0v) is 18.3. The smallest absolute Gasteiger partial charge is 0.303 e. The number of hydrogen-bond donors (Lipinski definition) is 0. The first-order chi connectivity index (χ1) is 14.0. The van der Waals surface area contributed by atoms with Gasteiger partial charge in [-0.15, -0.1) is 0 Å². The molecule has 0 radical (unpaired) electrons. The zero-order valence-electron chi connectivity index (χ0n) is 18.3. The second-order valence-corrected chi connectivity index (χ2v) is 8.48. The summed E-state index contributed by atoms with van der Waals surface area (Å²) in [4.78, 5) is 22.6. The Kier molecular flexibility index (Phi) is 10.9. The van der Waals surface area contributed by atoms with Crippen LogP contribution in [-0.4, -0.2) is 25.2 Å². The monoisotopic (exact) mass is 406 g/mol. The van der Waals surface area contributed by atoms with Gasteiger partial charge in [0.15, 0.2) is 0 Å². The van der Waals surface area contributed by atoms with Gasteiger partial charge in [0.25, 0.3) is 0 Å². The van der Waals surface area contributed by atoms with Crippen LogP contribution in [0.4, 0.5) is 0 Å². The van der Waals surface area contributed by atoms with E-state index in [-0.39, 0.29) is 25.2 Å². The summed E-state index contributed by atoms with van der Waals surface area (Å²) in [6.45, 7) is 3.03. The number of rotatable bonds is 10. The molecule has 0 saturated heterocycles. The van der Waals surface area contributed by atoms with Gasteiger partial charge in [-0.2, -0.15) is 0 Å². The van der Waals surface area contributed by atoms with E-state index in [1.807, 2.05) is 0 Å². The molecule has 0 N–H and O–H groups in total. The number of ether oxygens (including phenoxy) is 3. The average molecular weight is 407 g/mol. The van der Waals surface area contributed by atoms with Gasteiger partial charge in [0, 0.05) is 13.8 Å². The minimum atomic E-state index is -0.329. The number of allylic oxidation sites excluding steroid dienone is 2. The lowest BCUT2D eigenvalue weighted by Crippen LogP contribution is -2.12. The summed E-state index contributed by atoms with van der Waals surface area (Å²) in [5.41, 5.74) is 0. The Labute approximate surface area is 175 Å². The molecule has 2 aliphatic carbocycles. The number of carbonyl (C=O) groups is 2. The maximum absolute atomic E-state index is 11.3. The van der Waals surface area contributed by atoms with Crippen LogP contribution in [0.5, 0.6) is 0 Å². The minimum absolute atomic E-state index is 0.114. The standard InChI is InChI=1S/C24H38O5/c1-19(25)27-17-23(15-13-21-9-5-3-6-10-21)29-24(18-28-20(2)26)16-14-22-11-7-4-8-12-22/h15-16,21-22H,3-14,17-18H2,1-2H3. The highest BCUT2D eigenvalue weighted by atomic mass is 16.6. The molecule has 0 amide bonds. The molecule has 0 heterocycles. The van der Waals surface area contributed by atoms with E-state index in [0.29, 0.717) is 23.4 Å². The Bertz CT molecular complexity index is 516. The van der Waals surface area contributed by atoms with E-state index in [1.54, 1.807) is 0 Å². The van der Waals surface area contributed by atoms with Crippen LogP contribution >= 0.6 is 0 Å². The minimum Gasteiger partial charge on any atom is -0.459 e. The first-order valence-corrected chi connectivity index (χ1v) is 11.4. The van der Waals surface area contributed by atoms with Crippen molar-refractivity contribution in [1.29, 1.82) is 0 Å². The highest BCUT2D eigenvalue weighted by molar-refractivity contribution is 5.66. The Balaban J connectivity index is 2.01. The van der Waals surface area contributed by atoms with Crippen LogP contribution in [0.25, 0.3) is 0 Å². The molecule has 2 fully saturated rings. The van der Waals surface area contributed by atoms with E-state index in [2.05, 4.69) is 12.2 Å². The van der Waals surface area contributed by atoms with Crippen LogP contribution in [-0.2, 0) is 23.8 Å². The van der Waals surface area contributed by atoms with Crippen LogP contribution in [0.1, 0.15) is 90.9 Å². The van der Waals surface area contributed by atoms with Gasteiger partial charge in [0.05, 0.1) is 0 Å². The summed E-state index contributed by atoms with van der Waals surface area (Å²) in [7, 11) is 0. The summed E-state index contributed by atoms with van der Waals surface area (Å²) >= 11 is 0. The van der Waals surface area contributed by atoms with Gasteiger partial charge in [0.1, 0.15) is 24.7 Å². The van der Waals surface area contributed by atoms with Crippen molar-refractivity contribution in [3.63, 3.8) is 0 Å². The van der Waals surface area contributed by atoms with Crippen molar-refractivity contribution in [2.24, 2.45) is 11.8 Å². The Morgan fingerprint density at radius 3 is 1.41 bits per heavy atom. The molecule has 2 aliphatic rings. The van der Waals surface area contributed by atoms with Gasteiger partial charge >= 0.3 is 11.9 Å². The molecule has 0 atom stereocenters. The fourth-order valence-corrected chi connectivity index (χ4v) is 4.22. The molecule has 0 aromatic rings. The van der Waals surface area contributed by atoms with Gasteiger partial charge in [-0.1, -0.05) is 64.2 Å². The first-order valence-electron chi connectivity index (χ1n) is 11.4. The van der Waals surface area contributed by atoms with Crippen molar-refractivity contribution in [2.45, 2.75) is 90.9 Å². The van der Waals surface area contributed by atoms with Crippen molar-refractivity contribution in [3.05, 3.63) is 23.7 Å². The van der Waals surface area contributed by atoms with E-state index in [1.165, 1.54) is 78.1 Å². The van der Waals surface area contributed by atoms with E-state index < -0.39 is 0 Å². The SMILES string of the molecule is CC(=O)OCC(=CCC1CCCCC1)OC(=CCC1CCCCC1)COC(C)=O. The topological polar surface area (TPSA) is 61.8 Å². The van der Waals surface area contributed by atoms with E-state index in [4.69, 9.17) is 14.2 Å². The maximum Gasteiger partial charge on any atom is 0.303 e. The number of carbonyl (C=O) groups excluding carboxylic acids is 2. The summed E-state index contributed by atoms with van der Waals surface area (Å²) in [5, 5.41) is 0. The van der Waals surface area contributed by atoms with E-state index in [0.717, 1.165) is 12.8 Å². The predicted octanol–water partition coefficient (Wildman–Crippen LogP) is 5.84. The lowest BCUT2D eigenvalue weighted by atomic mass is 9.87. The van der Waals surface area contributed by atoms with E-state index >= 15 is 0 Å². The van der Waals surface area contributed by atoms with Gasteiger partial charge in [-0.25, -0.2) is 0 Å². The van der Waals surface area contributed by atoms with E-state index in [9.17, 15) is 9.59 Å². The maximum atomic E-state index is 11.3. The van der Waals surface area contributed by atoms with Crippen LogP contribution in [0, 0.1) is 11.8 Å². The third-order valence-electron chi connectivity index (χ3n) is 5.90. The van der Waals surface area contributed by atoms with Crippen molar-refractivity contribution >= 4 is 11.9 Å². The average Bonchev–Trinajstić information content (AvgIpc) is 2.73. The largest absolute Gasteiger partial charge is 0.459 e. The van der Waals surface area contributed by atoms with Gasteiger partial charge < -0.3 is 14.2 Å². The molecule has 0 aromatic carbocycles. The van der Waals surface area contributed by atoms with Crippen LogP contribution in [0.15, 0.2) is 23.7 Å². The molecule has 5 heteroatoms. The van der Waals surface area contributed by atoms with Crippen LogP contribution in [0.2, 0.25) is 0 Å². The molecule has 2 rings (SSSR count). The van der Waals surface area contributed by atoms with Crippen LogP contribution in [0.3, 0.4) is 0 Å². The Morgan fingerprint density at radius 2 is 1.07 bits per heavy atom. The zero-order chi connectivity index (χ0) is 20.9. The first kappa shape index (κ1) is 23.5. The molecule has 0 spiro atoms. The normalized spacial score (nSPS) is 19.7. The molecule has 2 saturated carbocycles. The Morgan fingerprint density at radius 1 is 0.690 bits per heavy atom. The third kappa shape index (κ3) is 10.5. The Hall–Kier alpha value is -1.78.